The van der Waals surface area contributed by atoms with Crippen molar-refractivity contribution in [1.29, 1.82) is 0 Å². The minimum Gasteiger partial charge on any atom is -0.451 e. The fourth-order valence-electron chi connectivity index (χ4n) is 5.19. The van der Waals surface area contributed by atoms with Gasteiger partial charge in [-0.2, -0.15) is 0 Å². The third-order valence-electron chi connectivity index (χ3n) is 7.11. The molecule has 6 heteroatoms. The van der Waals surface area contributed by atoms with Gasteiger partial charge in [-0.05, 0) is 75.0 Å². The Kier molecular flexibility index (Phi) is 6.95. The number of rotatable bonds is 7. The number of furan rings is 1. The number of carbonyl (C=O) groups excluding carboxylic acids is 2. The molecule has 0 unspecified atom stereocenters. The molecule has 0 saturated carbocycles. The van der Waals surface area contributed by atoms with Gasteiger partial charge in [0.15, 0.2) is 5.76 Å². The molecule has 34 heavy (non-hydrogen) atoms. The molecule has 1 aromatic heterocycles. The van der Waals surface area contributed by atoms with Crippen molar-refractivity contribution in [2.24, 2.45) is 0 Å². The molecule has 2 amide bonds. The topological polar surface area (TPSA) is 65.8 Å². The molecule has 2 aromatic carbocycles. The Bertz CT molecular complexity index is 1120. The normalized spacial score (nSPS) is 17.4. The van der Waals surface area contributed by atoms with Gasteiger partial charge in [0.05, 0.1) is 0 Å². The van der Waals surface area contributed by atoms with E-state index in [0.717, 1.165) is 37.9 Å². The van der Waals surface area contributed by atoms with Crippen LogP contribution < -0.4 is 5.32 Å². The number of nitrogens with one attached hydrogen (secondary N) is 1. The SMILES string of the molecule is O=C(N[C@@H](CCCN1CCCCC1)C(=O)N1CCc2ccccc2C1)c1cc2ccccc2o1. The van der Waals surface area contributed by atoms with Crippen molar-refractivity contribution >= 4 is 22.8 Å². The summed E-state index contributed by atoms with van der Waals surface area (Å²) in [6.07, 6.45) is 6.15. The number of fused-ring (bicyclic) bond motifs is 2. The minimum atomic E-state index is -0.559. The highest BCUT2D eigenvalue weighted by Gasteiger charge is 2.29. The number of hydrogen-bond acceptors (Lipinski definition) is 4. The van der Waals surface area contributed by atoms with Crippen LogP contribution in [0.3, 0.4) is 0 Å². The molecule has 3 heterocycles. The molecule has 6 nitrogen and oxygen atoms in total. The van der Waals surface area contributed by atoms with Crippen LogP contribution in [0.25, 0.3) is 11.0 Å². The highest BCUT2D eigenvalue weighted by atomic mass is 16.3. The van der Waals surface area contributed by atoms with Crippen molar-refractivity contribution in [3.63, 3.8) is 0 Å². The summed E-state index contributed by atoms with van der Waals surface area (Å²) in [6.45, 7) is 4.50. The third-order valence-corrected chi connectivity index (χ3v) is 7.11. The van der Waals surface area contributed by atoms with Crippen LogP contribution in [-0.4, -0.2) is 53.8 Å². The monoisotopic (exact) mass is 459 g/mol. The molecule has 1 atom stereocenters. The summed E-state index contributed by atoms with van der Waals surface area (Å²) < 4.78 is 5.76. The maximum Gasteiger partial charge on any atom is 0.287 e. The van der Waals surface area contributed by atoms with Crippen LogP contribution >= 0.6 is 0 Å². The molecule has 0 aliphatic carbocycles. The molecule has 0 bridgehead atoms. The van der Waals surface area contributed by atoms with Crippen molar-refractivity contribution in [3.05, 3.63) is 71.5 Å². The van der Waals surface area contributed by atoms with Gasteiger partial charge in [-0.3, -0.25) is 9.59 Å². The van der Waals surface area contributed by atoms with Gasteiger partial charge >= 0.3 is 0 Å². The second-order valence-corrected chi connectivity index (χ2v) is 9.50. The minimum absolute atomic E-state index is 0.00221. The lowest BCUT2D eigenvalue weighted by atomic mass is 9.98. The number of hydrogen-bond donors (Lipinski definition) is 1. The van der Waals surface area contributed by atoms with Gasteiger partial charge < -0.3 is 19.5 Å². The number of likely N-dealkylation sites (tertiary alicyclic amines) is 1. The van der Waals surface area contributed by atoms with Gasteiger partial charge in [-0.15, -0.1) is 0 Å². The van der Waals surface area contributed by atoms with Crippen LogP contribution in [0.1, 0.15) is 53.8 Å². The van der Waals surface area contributed by atoms with Crippen LogP contribution in [0.5, 0.6) is 0 Å². The van der Waals surface area contributed by atoms with Crippen LogP contribution in [0.4, 0.5) is 0 Å². The van der Waals surface area contributed by atoms with Gasteiger partial charge in [0.2, 0.25) is 5.91 Å². The quantitative estimate of drug-likeness (QED) is 0.569. The number of amides is 2. The summed E-state index contributed by atoms with van der Waals surface area (Å²) in [6, 6.07) is 17.0. The second kappa shape index (κ2) is 10.4. The molecule has 2 aliphatic rings. The second-order valence-electron chi connectivity index (χ2n) is 9.50. The molecule has 1 fully saturated rings. The summed E-state index contributed by atoms with van der Waals surface area (Å²) in [7, 11) is 0. The molecule has 178 valence electrons. The summed E-state index contributed by atoms with van der Waals surface area (Å²) in [4.78, 5) is 31.1. The Morgan fingerprint density at radius 1 is 0.941 bits per heavy atom. The van der Waals surface area contributed by atoms with Crippen molar-refractivity contribution in [3.8, 4) is 0 Å². The van der Waals surface area contributed by atoms with E-state index in [1.165, 1.54) is 30.4 Å². The van der Waals surface area contributed by atoms with E-state index in [4.69, 9.17) is 4.42 Å². The van der Waals surface area contributed by atoms with E-state index in [-0.39, 0.29) is 17.6 Å². The maximum absolute atomic E-state index is 13.6. The first-order chi connectivity index (χ1) is 16.7. The Hall–Kier alpha value is -3.12. The number of nitrogens with zero attached hydrogens (tertiary/aromatic N) is 2. The molecule has 3 aromatic rings. The molecule has 1 N–H and O–H groups in total. The zero-order valence-electron chi connectivity index (χ0n) is 19.7. The number of benzene rings is 2. The standard InChI is InChI=1S/C28H33N3O3/c32-27(26-19-22-10-4-5-13-25(22)34-26)29-24(12-8-17-30-15-6-1-7-16-30)28(33)31-18-14-21-9-2-3-11-23(21)20-31/h2-5,9-11,13,19,24H,1,6-8,12,14-18,20H2,(H,29,32)/t24-/m0/s1. The Balaban J connectivity index is 1.28. The summed E-state index contributed by atoms with van der Waals surface area (Å²) in [5.74, 6) is -0.0819. The van der Waals surface area contributed by atoms with E-state index in [2.05, 4.69) is 22.3 Å². The largest absolute Gasteiger partial charge is 0.451 e. The molecular formula is C28H33N3O3. The van der Waals surface area contributed by atoms with Gasteiger partial charge in [0.25, 0.3) is 5.91 Å². The average molecular weight is 460 g/mol. The first-order valence-electron chi connectivity index (χ1n) is 12.5. The smallest absolute Gasteiger partial charge is 0.287 e. The Morgan fingerprint density at radius 2 is 1.71 bits per heavy atom. The van der Waals surface area contributed by atoms with E-state index in [1.807, 2.05) is 41.3 Å². The van der Waals surface area contributed by atoms with Gasteiger partial charge in [-0.1, -0.05) is 48.9 Å². The van der Waals surface area contributed by atoms with Crippen LogP contribution in [-0.2, 0) is 17.8 Å². The highest BCUT2D eigenvalue weighted by Crippen LogP contribution is 2.22. The third kappa shape index (κ3) is 5.17. The maximum atomic E-state index is 13.6. The molecule has 0 spiro atoms. The fourth-order valence-corrected chi connectivity index (χ4v) is 5.19. The Morgan fingerprint density at radius 3 is 2.53 bits per heavy atom. The van der Waals surface area contributed by atoms with E-state index in [0.29, 0.717) is 25.1 Å². The van der Waals surface area contributed by atoms with E-state index in [1.54, 1.807) is 6.07 Å². The fraction of sp³-hybridized carbons (Fsp3) is 0.429. The predicted octanol–water partition coefficient (Wildman–Crippen LogP) is 4.38. The van der Waals surface area contributed by atoms with Crippen molar-refractivity contribution in [2.45, 2.75) is 51.1 Å². The first-order valence-corrected chi connectivity index (χ1v) is 12.5. The van der Waals surface area contributed by atoms with Crippen LogP contribution in [0, 0.1) is 0 Å². The highest BCUT2D eigenvalue weighted by molar-refractivity contribution is 5.98. The van der Waals surface area contributed by atoms with Crippen LogP contribution in [0.15, 0.2) is 59.0 Å². The lowest BCUT2D eigenvalue weighted by Gasteiger charge is -2.32. The lowest BCUT2D eigenvalue weighted by Crippen LogP contribution is -2.50. The van der Waals surface area contributed by atoms with Crippen LogP contribution in [0.2, 0.25) is 0 Å². The molecule has 0 radical (unpaired) electrons. The van der Waals surface area contributed by atoms with Crippen molar-refractivity contribution < 1.29 is 14.0 Å². The number of carbonyl (C=O) groups is 2. The van der Waals surface area contributed by atoms with Crippen molar-refractivity contribution in [1.82, 2.24) is 15.1 Å². The van der Waals surface area contributed by atoms with Gasteiger partial charge in [0, 0.05) is 18.5 Å². The van der Waals surface area contributed by atoms with E-state index < -0.39 is 6.04 Å². The van der Waals surface area contributed by atoms with E-state index in [9.17, 15) is 9.59 Å². The lowest BCUT2D eigenvalue weighted by molar-refractivity contribution is -0.134. The summed E-state index contributed by atoms with van der Waals surface area (Å²) >= 11 is 0. The molecule has 1 saturated heterocycles. The number of para-hydroxylation sites is 1. The van der Waals surface area contributed by atoms with Crippen molar-refractivity contribution in [2.75, 3.05) is 26.2 Å². The number of piperidine rings is 1. The molecular weight excluding hydrogens is 426 g/mol. The predicted molar refractivity (Wildman–Crippen MR) is 133 cm³/mol. The summed E-state index contributed by atoms with van der Waals surface area (Å²) in [5.41, 5.74) is 3.17. The molecule has 2 aliphatic heterocycles. The summed E-state index contributed by atoms with van der Waals surface area (Å²) in [5, 5.41) is 3.89. The first kappa shape index (κ1) is 22.7. The van der Waals surface area contributed by atoms with Gasteiger partial charge in [0.1, 0.15) is 11.6 Å². The zero-order valence-corrected chi connectivity index (χ0v) is 19.7. The van der Waals surface area contributed by atoms with Gasteiger partial charge in [-0.25, -0.2) is 0 Å². The zero-order chi connectivity index (χ0) is 23.3. The molecule has 5 rings (SSSR count). The Labute approximate surface area is 200 Å². The average Bonchev–Trinajstić information content (AvgIpc) is 3.33. The van der Waals surface area contributed by atoms with E-state index >= 15 is 0 Å².